The van der Waals surface area contributed by atoms with Crippen molar-refractivity contribution in [1.29, 1.82) is 0 Å². The minimum atomic E-state index is -0.0968. The number of thiophene rings is 1. The van der Waals surface area contributed by atoms with E-state index in [4.69, 9.17) is 0 Å². The summed E-state index contributed by atoms with van der Waals surface area (Å²) in [5, 5.41) is 15.5. The lowest BCUT2D eigenvalue weighted by Crippen LogP contribution is -2.28. The minimum Gasteiger partial charge on any atom is -0.393 e. The van der Waals surface area contributed by atoms with E-state index in [0.717, 1.165) is 32.5 Å². The molecule has 2 atom stereocenters. The average Bonchev–Trinajstić information content (AvgIpc) is 3.15. The maximum Gasteiger partial charge on any atom is 0.0580 e. The molecule has 4 heteroatoms. The molecule has 0 spiro atoms. The zero-order valence-corrected chi connectivity index (χ0v) is 12.5. The Bertz CT molecular complexity index is 520. The molecule has 2 N–H and O–H groups in total. The molecule has 0 saturated heterocycles. The molecular weight excluding hydrogens is 268 g/mol. The van der Waals surface area contributed by atoms with Crippen molar-refractivity contribution < 1.29 is 5.11 Å². The van der Waals surface area contributed by atoms with Gasteiger partial charge in [-0.15, -0.1) is 11.3 Å². The second kappa shape index (κ2) is 6.57. The first-order chi connectivity index (χ1) is 9.83. The first kappa shape index (κ1) is 13.9. The zero-order chi connectivity index (χ0) is 13.8. The Labute approximate surface area is 124 Å². The molecule has 2 aromatic rings. The summed E-state index contributed by atoms with van der Waals surface area (Å²) in [5.74, 6) is 0.440. The Balaban J connectivity index is 1.51. The van der Waals surface area contributed by atoms with Crippen molar-refractivity contribution in [3.05, 3.63) is 46.4 Å². The van der Waals surface area contributed by atoms with Gasteiger partial charge in [-0.05, 0) is 42.3 Å². The van der Waals surface area contributed by atoms with Crippen molar-refractivity contribution in [1.82, 2.24) is 9.88 Å². The van der Waals surface area contributed by atoms with E-state index < -0.39 is 0 Å². The van der Waals surface area contributed by atoms with E-state index in [2.05, 4.69) is 45.7 Å². The van der Waals surface area contributed by atoms with Crippen molar-refractivity contribution in [2.45, 2.75) is 38.5 Å². The first-order valence-corrected chi connectivity index (χ1v) is 8.26. The first-order valence-electron chi connectivity index (χ1n) is 7.38. The van der Waals surface area contributed by atoms with Gasteiger partial charge in [0.25, 0.3) is 0 Å². The SMILES string of the molecule is OC1CCCC1CNCc1cccn1Cc1cccs1. The van der Waals surface area contributed by atoms with Crippen LogP contribution in [0.4, 0.5) is 0 Å². The van der Waals surface area contributed by atoms with Crippen LogP contribution in [-0.4, -0.2) is 22.3 Å². The Morgan fingerprint density at radius 2 is 2.25 bits per heavy atom. The average molecular weight is 290 g/mol. The summed E-state index contributed by atoms with van der Waals surface area (Å²) in [5.41, 5.74) is 1.31. The number of rotatable bonds is 6. The van der Waals surface area contributed by atoms with Crippen LogP contribution in [-0.2, 0) is 13.1 Å². The maximum absolute atomic E-state index is 9.83. The highest BCUT2D eigenvalue weighted by Crippen LogP contribution is 2.24. The van der Waals surface area contributed by atoms with Crippen molar-refractivity contribution in [2.24, 2.45) is 5.92 Å². The molecular formula is C16H22N2OS. The molecule has 1 fully saturated rings. The fourth-order valence-corrected chi connectivity index (χ4v) is 3.68. The van der Waals surface area contributed by atoms with Crippen LogP contribution in [0.25, 0.3) is 0 Å². The fraction of sp³-hybridized carbons (Fsp3) is 0.500. The van der Waals surface area contributed by atoms with E-state index in [-0.39, 0.29) is 6.10 Å². The van der Waals surface area contributed by atoms with E-state index in [9.17, 15) is 5.11 Å². The number of hydrogen-bond donors (Lipinski definition) is 2. The van der Waals surface area contributed by atoms with E-state index in [1.807, 2.05) is 0 Å². The van der Waals surface area contributed by atoms with Crippen LogP contribution in [0.2, 0.25) is 0 Å². The van der Waals surface area contributed by atoms with Gasteiger partial charge in [-0.25, -0.2) is 0 Å². The van der Waals surface area contributed by atoms with Crippen molar-refractivity contribution >= 4 is 11.3 Å². The quantitative estimate of drug-likeness (QED) is 0.858. The number of nitrogens with one attached hydrogen (secondary N) is 1. The molecule has 2 aromatic heterocycles. The van der Waals surface area contributed by atoms with Crippen LogP contribution < -0.4 is 5.32 Å². The Morgan fingerprint density at radius 1 is 1.30 bits per heavy atom. The smallest absolute Gasteiger partial charge is 0.0580 e. The van der Waals surface area contributed by atoms with E-state index in [1.54, 1.807) is 11.3 Å². The normalized spacial score (nSPS) is 22.4. The fourth-order valence-electron chi connectivity index (χ4n) is 2.98. The predicted octanol–water partition coefficient (Wildman–Crippen LogP) is 2.85. The molecule has 3 rings (SSSR count). The molecule has 108 valence electrons. The number of aliphatic hydroxyl groups excluding tert-OH is 1. The largest absolute Gasteiger partial charge is 0.393 e. The molecule has 0 aromatic carbocycles. The van der Waals surface area contributed by atoms with Gasteiger partial charge in [0.05, 0.1) is 12.6 Å². The lowest BCUT2D eigenvalue weighted by atomic mass is 10.1. The molecule has 0 amide bonds. The molecule has 1 aliphatic carbocycles. The zero-order valence-electron chi connectivity index (χ0n) is 11.7. The van der Waals surface area contributed by atoms with Crippen molar-refractivity contribution in [3.63, 3.8) is 0 Å². The van der Waals surface area contributed by atoms with Gasteiger partial charge in [0, 0.05) is 29.9 Å². The van der Waals surface area contributed by atoms with Gasteiger partial charge in [0.2, 0.25) is 0 Å². The van der Waals surface area contributed by atoms with Crippen LogP contribution in [0.5, 0.6) is 0 Å². The van der Waals surface area contributed by atoms with Gasteiger partial charge in [-0.3, -0.25) is 0 Å². The second-order valence-electron chi connectivity index (χ2n) is 5.60. The summed E-state index contributed by atoms with van der Waals surface area (Å²) >= 11 is 1.80. The van der Waals surface area contributed by atoms with Crippen LogP contribution in [0.15, 0.2) is 35.8 Å². The van der Waals surface area contributed by atoms with Crippen molar-refractivity contribution in [3.8, 4) is 0 Å². The molecule has 20 heavy (non-hydrogen) atoms. The minimum absolute atomic E-state index is 0.0968. The lowest BCUT2D eigenvalue weighted by molar-refractivity contribution is 0.131. The summed E-state index contributed by atoms with van der Waals surface area (Å²) in [6, 6.07) is 8.56. The standard InChI is InChI=1S/C16H22N2OS/c19-16-7-1-4-13(16)10-17-11-14-5-2-8-18(14)12-15-6-3-9-20-15/h2-3,5-6,8-9,13,16-17,19H,1,4,7,10-12H2. The summed E-state index contributed by atoms with van der Waals surface area (Å²) in [6.07, 6.45) is 5.34. The van der Waals surface area contributed by atoms with E-state index in [0.29, 0.717) is 5.92 Å². The molecule has 3 nitrogen and oxygen atoms in total. The highest BCUT2D eigenvalue weighted by Gasteiger charge is 2.24. The highest BCUT2D eigenvalue weighted by atomic mass is 32.1. The molecule has 2 heterocycles. The summed E-state index contributed by atoms with van der Waals surface area (Å²) in [6.45, 7) is 2.75. The van der Waals surface area contributed by atoms with Crippen LogP contribution in [0.1, 0.15) is 29.8 Å². The number of nitrogens with zero attached hydrogens (tertiary/aromatic N) is 1. The number of hydrogen-bond acceptors (Lipinski definition) is 3. The summed E-state index contributed by atoms with van der Waals surface area (Å²) in [4.78, 5) is 1.38. The van der Waals surface area contributed by atoms with Crippen LogP contribution in [0, 0.1) is 5.92 Å². The topological polar surface area (TPSA) is 37.2 Å². The third-order valence-corrected chi connectivity index (χ3v) is 5.02. The molecule has 0 bridgehead atoms. The van der Waals surface area contributed by atoms with Gasteiger partial charge < -0.3 is 15.0 Å². The molecule has 1 aliphatic rings. The van der Waals surface area contributed by atoms with E-state index in [1.165, 1.54) is 17.0 Å². The summed E-state index contributed by atoms with van der Waals surface area (Å²) < 4.78 is 2.30. The lowest BCUT2D eigenvalue weighted by Gasteiger charge is -2.16. The molecule has 2 unspecified atom stereocenters. The van der Waals surface area contributed by atoms with Crippen LogP contribution in [0.3, 0.4) is 0 Å². The Kier molecular flexibility index (Phi) is 4.55. The van der Waals surface area contributed by atoms with Gasteiger partial charge in [-0.1, -0.05) is 12.5 Å². The highest BCUT2D eigenvalue weighted by molar-refractivity contribution is 7.09. The van der Waals surface area contributed by atoms with Gasteiger partial charge in [0.1, 0.15) is 0 Å². The molecule has 0 aliphatic heterocycles. The molecule has 1 saturated carbocycles. The van der Waals surface area contributed by atoms with Crippen LogP contribution >= 0.6 is 11.3 Å². The predicted molar refractivity (Wildman–Crippen MR) is 82.9 cm³/mol. The van der Waals surface area contributed by atoms with Gasteiger partial charge in [0.15, 0.2) is 0 Å². The van der Waals surface area contributed by atoms with E-state index >= 15 is 0 Å². The van der Waals surface area contributed by atoms with Gasteiger partial charge >= 0.3 is 0 Å². The summed E-state index contributed by atoms with van der Waals surface area (Å²) in [7, 11) is 0. The van der Waals surface area contributed by atoms with Gasteiger partial charge in [-0.2, -0.15) is 0 Å². The third-order valence-electron chi connectivity index (χ3n) is 4.16. The third kappa shape index (κ3) is 3.32. The monoisotopic (exact) mass is 290 g/mol. The second-order valence-corrected chi connectivity index (χ2v) is 6.63. The van der Waals surface area contributed by atoms with Crippen molar-refractivity contribution in [2.75, 3.05) is 6.54 Å². The Hall–Kier alpha value is -1.10. The number of aliphatic hydroxyl groups is 1. The molecule has 0 radical (unpaired) electrons. The Morgan fingerprint density at radius 3 is 3.00 bits per heavy atom. The maximum atomic E-state index is 9.83. The number of aromatic nitrogens is 1.